The SMILES string of the molecule is CCN(CC(N)=O)Cc1cc(C#CCCO)cs1. The van der Waals surface area contributed by atoms with Gasteiger partial charge in [0.05, 0.1) is 13.2 Å². The molecule has 1 amide bonds. The molecule has 0 aliphatic carbocycles. The third-order valence-electron chi connectivity index (χ3n) is 2.33. The number of carbonyl (C=O) groups is 1. The van der Waals surface area contributed by atoms with E-state index < -0.39 is 0 Å². The lowest BCUT2D eigenvalue weighted by molar-refractivity contribution is -0.119. The van der Waals surface area contributed by atoms with Gasteiger partial charge in [0.2, 0.25) is 5.91 Å². The van der Waals surface area contributed by atoms with Gasteiger partial charge >= 0.3 is 0 Å². The van der Waals surface area contributed by atoms with Crippen LogP contribution >= 0.6 is 11.3 Å². The summed E-state index contributed by atoms with van der Waals surface area (Å²) in [6.45, 7) is 3.86. The highest BCUT2D eigenvalue weighted by Crippen LogP contribution is 2.16. The fourth-order valence-electron chi connectivity index (χ4n) is 1.47. The van der Waals surface area contributed by atoms with Crippen molar-refractivity contribution in [2.45, 2.75) is 19.9 Å². The van der Waals surface area contributed by atoms with Crippen LogP contribution in [0, 0.1) is 11.8 Å². The molecule has 1 aromatic heterocycles. The molecule has 0 spiro atoms. The first-order valence-electron chi connectivity index (χ1n) is 5.83. The number of likely N-dealkylation sites (N-methyl/N-ethyl adjacent to an activating group) is 1. The van der Waals surface area contributed by atoms with Crippen LogP contribution in [0.2, 0.25) is 0 Å². The number of nitrogens with two attached hydrogens (primary N) is 1. The van der Waals surface area contributed by atoms with E-state index in [4.69, 9.17) is 10.8 Å². The first-order chi connectivity index (χ1) is 8.65. The van der Waals surface area contributed by atoms with Crippen LogP contribution in [0.5, 0.6) is 0 Å². The lowest BCUT2D eigenvalue weighted by Gasteiger charge is -2.16. The van der Waals surface area contributed by atoms with Gasteiger partial charge < -0.3 is 10.8 Å². The fourth-order valence-corrected chi connectivity index (χ4v) is 2.33. The molecule has 0 saturated heterocycles. The zero-order valence-corrected chi connectivity index (χ0v) is 11.3. The van der Waals surface area contributed by atoms with E-state index in [1.54, 1.807) is 11.3 Å². The lowest BCUT2D eigenvalue weighted by Crippen LogP contribution is -2.32. The Morgan fingerprint density at radius 2 is 2.39 bits per heavy atom. The van der Waals surface area contributed by atoms with Crippen molar-refractivity contribution in [1.82, 2.24) is 4.90 Å². The van der Waals surface area contributed by atoms with E-state index in [0.29, 0.717) is 13.0 Å². The quantitative estimate of drug-likeness (QED) is 0.748. The Balaban J connectivity index is 2.57. The monoisotopic (exact) mass is 266 g/mol. The summed E-state index contributed by atoms with van der Waals surface area (Å²) < 4.78 is 0. The number of primary amides is 1. The van der Waals surface area contributed by atoms with E-state index >= 15 is 0 Å². The Morgan fingerprint density at radius 3 is 3.00 bits per heavy atom. The first-order valence-corrected chi connectivity index (χ1v) is 6.71. The van der Waals surface area contributed by atoms with Crippen molar-refractivity contribution in [3.05, 3.63) is 21.9 Å². The molecule has 5 heteroatoms. The summed E-state index contributed by atoms with van der Waals surface area (Å²) in [6.07, 6.45) is 0.494. The second-order valence-electron chi connectivity index (χ2n) is 3.85. The number of rotatable bonds is 6. The summed E-state index contributed by atoms with van der Waals surface area (Å²) in [5, 5.41) is 10.6. The molecule has 0 aliphatic heterocycles. The van der Waals surface area contributed by atoms with Gasteiger partial charge in [-0.15, -0.1) is 11.3 Å². The van der Waals surface area contributed by atoms with Gasteiger partial charge in [-0.1, -0.05) is 18.8 Å². The van der Waals surface area contributed by atoms with Crippen molar-refractivity contribution in [1.29, 1.82) is 0 Å². The summed E-state index contributed by atoms with van der Waals surface area (Å²) in [5.41, 5.74) is 6.14. The van der Waals surface area contributed by atoms with E-state index in [1.807, 2.05) is 23.3 Å². The maximum Gasteiger partial charge on any atom is 0.231 e. The molecule has 98 valence electrons. The highest BCUT2D eigenvalue weighted by molar-refractivity contribution is 7.10. The van der Waals surface area contributed by atoms with Crippen molar-refractivity contribution in [2.24, 2.45) is 5.73 Å². The summed E-state index contributed by atoms with van der Waals surface area (Å²) in [5.74, 6) is 5.56. The zero-order valence-electron chi connectivity index (χ0n) is 10.5. The van der Waals surface area contributed by atoms with E-state index in [1.165, 1.54) is 0 Å². The standard InChI is InChI=1S/C13H18N2O2S/c1-2-15(9-13(14)17)8-12-7-11(10-18-12)5-3-4-6-16/h7,10,16H,2,4,6,8-9H2,1H3,(H2,14,17). The van der Waals surface area contributed by atoms with E-state index in [0.717, 1.165) is 17.0 Å². The molecule has 4 nitrogen and oxygen atoms in total. The molecule has 1 heterocycles. The Morgan fingerprint density at radius 1 is 1.61 bits per heavy atom. The minimum Gasteiger partial charge on any atom is -0.395 e. The molecule has 1 aromatic rings. The summed E-state index contributed by atoms with van der Waals surface area (Å²) >= 11 is 1.62. The second kappa shape index (κ2) is 7.88. The van der Waals surface area contributed by atoms with Crippen LogP contribution in [0.1, 0.15) is 23.8 Å². The molecular weight excluding hydrogens is 248 g/mol. The van der Waals surface area contributed by atoms with Crippen LogP contribution < -0.4 is 5.73 Å². The molecular formula is C13H18N2O2S. The molecule has 0 saturated carbocycles. The molecule has 0 aromatic carbocycles. The molecule has 0 unspecified atom stereocenters. The van der Waals surface area contributed by atoms with Crippen molar-refractivity contribution >= 4 is 17.2 Å². The van der Waals surface area contributed by atoms with E-state index in [2.05, 4.69) is 11.8 Å². The highest BCUT2D eigenvalue weighted by Gasteiger charge is 2.08. The molecule has 0 bridgehead atoms. The molecule has 3 N–H and O–H groups in total. The van der Waals surface area contributed by atoms with Gasteiger partial charge in [-0.25, -0.2) is 0 Å². The summed E-state index contributed by atoms with van der Waals surface area (Å²) in [4.78, 5) is 14.0. The second-order valence-corrected chi connectivity index (χ2v) is 4.84. The lowest BCUT2D eigenvalue weighted by atomic mass is 10.3. The van der Waals surface area contributed by atoms with Crippen molar-refractivity contribution in [3.63, 3.8) is 0 Å². The summed E-state index contributed by atoms with van der Waals surface area (Å²) in [6, 6.07) is 2.01. The number of amides is 1. The topological polar surface area (TPSA) is 66.6 Å². The fraction of sp³-hybridized carbons (Fsp3) is 0.462. The van der Waals surface area contributed by atoms with Crippen LogP contribution in [0.4, 0.5) is 0 Å². The highest BCUT2D eigenvalue weighted by atomic mass is 32.1. The largest absolute Gasteiger partial charge is 0.395 e. The van der Waals surface area contributed by atoms with Crippen molar-refractivity contribution in [2.75, 3.05) is 19.7 Å². The van der Waals surface area contributed by atoms with Gasteiger partial charge in [-0.2, -0.15) is 0 Å². The number of nitrogens with zero attached hydrogens (tertiary/aromatic N) is 1. The van der Waals surface area contributed by atoms with Crippen LogP contribution in [-0.2, 0) is 11.3 Å². The molecule has 0 atom stereocenters. The van der Waals surface area contributed by atoms with Gasteiger partial charge in [0.25, 0.3) is 0 Å². The number of carbonyl (C=O) groups excluding carboxylic acids is 1. The molecule has 1 rings (SSSR count). The zero-order chi connectivity index (χ0) is 13.4. The Bertz CT molecular complexity index is 445. The van der Waals surface area contributed by atoms with Gasteiger partial charge in [-0.05, 0) is 12.6 Å². The van der Waals surface area contributed by atoms with E-state index in [-0.39, 0.29) is 19.1 Å². The number of hydrogen-bond acceptors (Lipinski definition) is 4. The number of aliphatic hydroxyl groups excluding tert-OH is 1. The van der Waals surface area contributed by atoms with Crippen LogP contribution in [0.25, 0.3) is 0 Å². The number of thiophene rings is 1. The van der Waals surface area contributed by atoms with Gasteiger partial charge in [0.1, 0.15) is 0 Å². The van der Waals surface area contributed by atoms with Crippen LogP contribution in [0.15, 0.2) is 11.4 Å². The number of aliphatic hydroxyl groups is 1. The minimum atomic E-state index is -0.309. The van der Waals surface area contributed by atoms with E-state index in [9.17, 15) is 4.79 Å². The van der Waals surface area contributed by atoms with Gasteiger partial charge in [0, 0.05) is 28.8 Å². The van der Waals surface area contributed by atoms with Crippen LogP contribution in [0.3, 0.4) is 0 Å². The maximum atomic E-state index is 10.9. The van der Waals surface area contributed by atoms with Gasteiger partial charge in [0.15, 0.2) is 0 Å². The Hall–Kier alpha value is -1.35. The van der Waals surface area contributed by atoms with Crippen molar-refractivity contribution in [3.8, 4) is 11.8 Å². The third-order valence-corrected chi connectivity index (χ3v) is 3.25. The third kappa shape index (κ3) is 5.32. The normalized spacial score (nSPS) is 10.2. The van der Waals surface area contributed by atoms with Gasteiger partial charge in [-0.3, -0.25) is 9.69 Å². The smallest absolute Gasteiger partial charge is 0.231 e. The Labute approximate surface area is 111 Å². The average Bonchev–Trinajstić information content (AvgIpc) is 2.76. The minimum absolute atomic E-state index is 0.0895. The summed E-state index contributed by atoms with van der Waals surface area (Å²) in [7, 11) is 0. The first kappa shape index (κ1) is 14.7. The predicted octanol–water partition coefficient (Wildman–Crippen LogP) is 0.789. The molecule has 0 aliphatic rings. The van der Waals surface area contributed by atoms with Crippen LogP contribution in [-0.4, -0.2) is 35.6 Å². The number of hydrogen-bond donors (Lipinski definition) is 2. The Kier molecular flexibility index (Phi) is 6.44. The molecule has 18 heavy (non-hydrogen) atoms. The maximum absolute atomic E-state index is 10.9. The van der Waals surface area contributed by atoms with Crippen molar-refractivity contribution < 1.29 is 9.90 Å². The molecule has 0 radical (unpaired) electrons. The average molecular weight is 266 g/mol. The predicted molar refractivity (Wildman–Crippen MR) is 73.0 cm³/mol. The molecule has 0 fully saturated rings.